The van der Waals surface area contributed by atoms with Crippen LogP contribution in [-0.2, 0) is 9.53 Å². The normalized spacial score (nSPS) is 12.9. The Labute approximate surface area is 149 Å². The van der Waals surface area contributed by atoms with E-state index < -0.39 is 12.1 Å². The minimum absolute atomic E-state index is 0.241. The molecule has 1 amide bonds. The zero-order valence-electron chi connectivity index (χ0n) is 15.0. The number of carbonyl (C=O) groups excluding carboxylic acids is 2. The van der Waals surface area contributed by atoms with E-state index in [4.69, 9.17) is 4.74 Å². The smallest absolute Gasteiger partial charge is 0.338 e. The highest BCUT2D eigenvalue weighted by atomic mass is 16.5. The number of hydrogen-bond donors (Lipinski definition) is 1. The second-order valence-corrected chi connectivity index (χ2v) is 6.17. The van der Waals surface area contributed by atoms with Crippen molar-refractivity contribution in [1.29, 1.82) is 0 Å². The minimum atomic E-state index is -0.831. The molecule has 132 valence electrons. The van der Waals surface area contributed by atoms with Gasteiger partial charge in [0, 0.05) is 12.5 Å². The van der Waals surface area contributed by atoms with E-state index >= 15 is 0 Å². The fourth-order valence-electron chi connectivity index (χ4n) is 2.56. The quantitative estimate of drug-likeness (QED) is 0.780. The van der Waals surface area contributed by atoms with Crippen LogP contribution in [0.1, 0.15) is 47.7 Å². The van der Waals surface area contributed by atoms with Crippen molar-refractivity contribution < 1.29 is 14.3 Å². The predicted octanol–water partition coefficient (Wildman–Crippen LogP) is 3.85. The molecule has 2 atom stereocenters. The molecule has 2 rings (SSSR count). The molecule has 0 spiro atoms. The first-order valence-corrected chi connectivity index (χ1v) is 8.61. The zero-order chi connectivity index (χ0) is 18.2. The Morgan fingerprint density at radius 2 is 1.68 bits per heavy atom. The van der Waals surface area contributed by atoms with Gasteiger partial charge < -0.3 is 10.1 Å². The molecule has 0 aliphatic rings. The van der Waals surface area contributed by atoms with Crippen LogP contribution in [0.25, 0.3) is 0 Å². The summed E-state index contributed by atoms with van der Waals surface area (Å²) in [5, 5.41) is 2.88. The van der Waals surface area contributed by atoms with Crippen molar-refractivity contribution in [2.24, 2.45) is 0 Å². The highest BCUT2D eigenvalue weighted by Crippen LogP contribution is 2.18. The van der Waals surface area contributed by atoms with Crippen molar-refractivity contribution in [2.45, 2.75) is 39.2 Å². The highest BCUT2D eigenvalue weighted by molar-refractivity contribution is 5.92. The molecule has 2 aromatic carbocycles. The van der Waals surface area contributed by atoms with Crippen LogP contribution < -0.4 is 5.32 Å². The molecule has 4 nitrogen and oxygen atoms in total. The molecule has 0 heterocycles. The summed E-state index contributed by atoms with van der Waals surface area (Å²) in [6, 6.07) is 17.1. The number of rotatable bonds is 7. The van der Waals surface area contributed by atoms with E-state index in [9.17, 15) is 9.59 Å². The molecule has 1 N–H and O–H groups in total. The number of amides is 1. The van der Waals surface area contributed by atoms with Gasteiger partial charge in [-0.1, -0.05) is 55.0 Å². The first-order chi connectivity index (χ1) is 12.0. The Bertz CT molecular complexity index is 695. The number of carbonyl (C=O) groups is 2. The lowest BCUT2D eigenvalue weighted by Gasteiger charge is -2.18. The molecule has 0 unspecified atom stereocenters. The highest BCUT2D eigenvalue weighted by Gasteiger charge is 2.20. The maximum absolute atomic E-state index is 12.2. The Morgan fingerprint density at radius 3 is 2.28 bits per heavy atom. The fraction of sp³-hybridized carbons (Fsp3) is 0.333. The summed E-state index contributed by atoms with van der Waals surface area (Å²) in [6.07, 6.45) is 0.0871. The molecule has 0 radical (unpaired) electrons. The molecule has 0 fully saturated rings. The molecule has 0 aromatic heterocycles. The summed E-state index contributed by atoms with van der Waals surface area (Å²) < 4.78 is 5.26. The van der Waals surface area contributed by atoms with Crippen LogP contribution in [0.2, 0.25) is 0 Å². The molecule has 25 heavy (non-hydrogen) atoms. The third-order valence-corrected chi connectivity index (χ3v) is 4.23. The number of ether oxygens (including phenoxy) is 1. The van der Waals surface area contributed by atoms with Crippen molar-refractivity contribution >= 4 is 11.9 Å². The number of nitrogens with one attached hydrogen (secondary N) is 1. The molecule has 0 aliphatic heterocycles. The lowest BCUT2D eigenvalue weighted by molar-refractivity contribution is -0.129. The minimum Gasteiger partial charge on any atom is -0.449 e. The van der Waals surface area contributed by atoms with Gasteiger partial charge in [0.15, 0.2) is 6.10 Å². The van der Waals surface area contributed by atoms with E-state index in [1.54, 1.807) is 19.1 Å². The first kappa shape index (κ1) is 18.7. The van der Waals surface area contributed by atoms with E-state index in [0.29, 0.717) is 12.1 Å². The molecule has 0 aliphatic carbocycles. The van der Waals surface area contributed by atoms with Crippen LogP contribution in [0.3, 0.4) is 0 Å². The number of benzene rings is 2. The molecule has 4 heteroatoms. The number of esters is 1. The van der Waals surface area contributed by atoms with Gasteiger partial charge >= 0.3 is 5.97 Å². The maximum Gasteiger partial charge on any atom is 0.338 e. The first-order valence-electron chi connectivity index (χ1n) is 8.61. The second kappa shape index (κ2) is 9.02. The Kier molecular flexibility index (Phi) is 6.75. The van der Waals surface area contributed by atoms with Crippen molar-refractivity contribution in [2.75, 3.05) is 6.54 Å². The molecule has 0 saturated carbocycles. The second-order valence-electron chi connectivity index (χ2n) is 6.17. The van der Waals surface area contributed by atoms with Crippen molar-refractivity contribution in [3.05, 3.63) is 71.3 Å². The zero-order valence-corrected chi connectivity index (χ0v) is 15.0. The summed E-state index contributed by atoms with van der Waals surface area (Å²) in [4.78, 5) is 24.3. The van der Waals surface area contributed by atoms with E-state index in [1.165, 1.54) is 5.56 Å². The monoisotopic (exact) mass is 339 g/mol. The van der Waals surface area contributed by atoms with Gasteiger partial charge in [0.25, 0.3) is 5.91 Å². The topological polar surface area (TPSA) is 55.4 Å². The van der Waals surface area contributed by atoms with Crippen LogP contribution in [0, 0.1) is 6.92 Å². The van der Waals surface area contributed by atoms with Gasteiger partial charge in [-0.05, 0) is 38.0 Å². The van der Waals surface area contributed by atoms with Gasteiger partial charge in [-0.2, -0.15) is 0 Å². The molecule has 2 aromatic rings. The molecular formula is C21H25NO3. The summed E-state index contributed by atoms with van der Waals surface area (Å²) in [5.74, 6) is -0.530. The van der Waals surface area contributed by atoms with Crippen molar-refractivity contribution in [3.63, 3.8) is 0 Å². The van der Waals surface area contributed by atoms with Crippen LogP contribution >= 0.6 is 0 Å². The van der Waals surface area contributed by atoms with Crippen LogP contribution in [0.5, 0.6) is 0 Å². The third kappa shape index (κ3) is 5.45. The summed E-state index contributed by atoms with van der Waals surface area (Å²) in [7, 11) is 0. The van der Waals surface area contributed by atoms with Gasteiger partial charge in [0.2, 0.25) is 0 Å². The van der Waals surface area contributed by atoms with E-state index in [-0.39, 0.29) is 11.8 Å². The standard InChI is InChI=1S/C21H25NO3/c1-4-17(18-8-6-5-7-9-18)14-22-20(23)16(3)25-21(24)19-12-10-15(2)11-13-19/h5-13,16-17H,4,14H2,1-3H3,(H,22,23)/t16-,17+/m0/s1. The average Bonchev–Trinajstić information content (AvgIpc) is 2.63. The Morgan fingerprint density at radius 1 is 1.04 bits per heavy atom. The fourth-order valence-corrected chi connectivity index (χ4v) is 2.56. The van der Waals surface area contributed by atoms with E-state index in [1.807, 2.05) is 37.3 Å². The summed E-state index contributed by atoms with van der Waals surface area (Å²) in [6.45, 7) is 6.14. The average molecular weight is 339 g/mol. The van der Waals surface area contributed by atoms with E-state index in [2.05, 4.69) is 24.4 Å². The molecule has 0 bridgehead atoms. The number of hydrogen-bond acceptors (Lipinski definition) is 3. The third-order valence-electron chi connectivity index (χ3n) is 4.23. The summed E-state index contributed by atoms with van der Waals surface area (Å²) >= 11 is 0. The predicted molar refractivity (Wildman–Crippen MR) is 98.5 cm³/mol. The Balaban J connectivity index is 1.87. The van der Waals surface area contributed by atoms with Gasteiger partial charge in [-0.25, -0.2) is 4.79 Å². The van der Waals surface area contributed by atoms with Gasteiger partial charge in [-0.15, -0.1) is 0 Å². The van der Waals surface area contributed by atoms with Crippen molar-refractivity contribution in [3.8, 4) is 0 Å². The SMILES string of the molecule is CC[C@H](CNC(=O)[C@H](C)OC(=O)c1ccc(C)cc1)c1ccccc1. The lowest BCUT2D eigenvalue weighted by Crippen LogP contribution is -2.38. The van der Waals surface area contributed by atoms with Gasteiger partial charge in [0.1, 0.15) is 0 Å². The largest absolute Gasteiger partial charge is 0.449 e. The Hall–Kier alpha value is -2.62. The van der Waals surface area contributed by atoms with Gasteiger partial charge in [0.05, 0.1) is 5.56 Å². The lowest BCUT2D eigenvalue weighted by atomic mass is 9.96. The van der Waals surface area contributed by atoms with E-state index in [0.717, 1.165) is 12.0 Å². The maximum atomic E-state index is 12.2. The van der Waals surface area contributed by atoms with Gasteiger partial charge in [-0.3, -0.25) is 4.79 Å². The summed E-state index contributed by atoms with van der Waals surface area (Å²) in [5.41, 5.74) is 2.70. The molecule has 0 saturated heterocycles. The molecular weight excluding hydrogens is 314 g/mol. The van der Waals surface area contributed by atoms with Crippen molar-refractivity contribution in [1.82, 2.24) is 5.32 Å². The van der Waals surface area contributed by atoms with Crippen LogP contribution in [-0.4, -0.2) is 24.5 Å². The van der Waals surface area contributed by atoms with Crippen LogP contribution in [0.15, 0.2) is 54.6 Å². The van der Waals surface area contributed by atoms with Crippen LogP contribution in [0.4, 0.5) is 0 Å². The number of aryl methyl sites for hydroxylation is 1.